The van der Waals surface area contributed by atoms with Crippen LogP contribution < -0.4 is 4.90 Å². The lowest BCUT2D eigenvalue weighted by atomic mass is 10.1. The zero-order valence-corrected chi connectivity index (χ0v) is 26.1. The number of allylic oxidation sites excluding steroid dienone is 1. The number of carbonyl (C=O) groups is 2. The van der Waals surface area contributed by atoms with Gasteiger partial charge in [-0.25, -0.2) is 13.2 Å². The van der Waals surface area contributed by atoms with Gasteiger partial charge in [-0.05, 0) is 86.9 Å². The number of rotatable bonds is 9. The summed E-state index contributed by atoms with van der Waals surface area (Å²) in [7, 11) is -2.61. The molecule has 0 bridgehead atoms. The fourth-order valence-electron chi connectivity index (χ4n) is 5.10. The first-order chi connectivity index (χ1) is 21.0. The third kappa shape index (κ3) is 6.15. The summed E-state index contributed by atoms with van der Waals surface area (Å²) in [6, 6.07) is 25.0. The van der Waals surface area contributed by atoms with Crippen molar-refractivity contribution in [1.82, 2.24) is 4.31 Å². The van der Waals surface area contributed by atoms with E-state index in [1.54, 1.807) is 43.3 Å². The Morgan fingerprint density at radius 3 is 2.25 bits per heavy atom. The third-order valence-corrected chi connectivity index (χ3v) is 9.51. The monoisotopic (exact) mass is 610 g/mol. The second-order valence-corrected chi connectivity index (χ2v) is 12.7. The highest BCUT2D eigenvalue weighted by atomic mass is 32.2. The van der Waals surface area contributed by atoms with Crippen LogP contribution >= 0.6 is 0 Å². The maximum absolute atomic E-state index is 13.7. The minimum absolute atomic E-state index is 0.0459. The maximum Gasteiger partial charge on any atom is 0.340 e. The van der Waals surface area contributed by atoms with Gasteiger partial charge in [-0.1, -0.05) is 54.1 Å². The highest BCUT2D eigenvalue weighted by Gasteiger charge is 2.38. The number of esters is 1. The molecule has 5 rings (SSSR count). The van der Waals surface area contributed by atoms with E-state index in [2.05, 4.69) is 0 Å². The van der Waals surface area contributed by atoms with Gasteiger partial charge in [0.15, 0.2) is 0 Å². The number of sulfonamides is 1. The number of furan rings is 1. The van der Waals surface area contributed by atoms with E-state index in [4.69, 9.17) is 9.15 Å². The molecule has 0 aliphatic carbocycles. The van der Waals surface area contributed by atoms with Crippen LogP contribution in [0.4, 0.5) is 5.69 Å². The van der Waals surface area contributed by atoms with Gasteiger partial charge in [0.05, 0.1) is 29.7 Å². The Morgan fingerprint density at radius 1 is 0.886 bits per heavy atom. The predicted molar refractivity (Wildman–Crippen MR) is 169 cm³/mol. The molecule has 1 aliphatic rings. The summed E-state index contributed by atoms with van der Waals surface area (Å²) in [6.07, 6.45) is 1.50. The molecule has 4 aromatic rings. The van der Waals surface area contributed by atoms with Gasteiger partial charge < -0.3 is 9.15 Å². The predicted octanol–water partition coefficient (Wildman–Crippen LogP) is 6.47. The molecular weight excluding hydrogens is 576 g/mol. The van der Waals surface area contributed by atoms with Gasteiger partial charge in [0.1, 0.15) is 11.5 Å². The molecule has 1 aliphatic heterocycles. The molecule has 8 nitrogen and oxygen atoms in total. The molecule has 1 amide bonds. The fourth-order valence-corrected chi connectivity index (χ4v) is 6.50. The average Bonchev–Trinajstić information content (AvgIpc) is 3.55. The van der Waals surface area contributed by atoms with Crippen LogP contribution in [0.3, 0.4) is 0 Å². The van der Waals surface area contributed by atoms with Gasteiger partial charge in [0.2, 0.25) is 10.0 Å². The molecule has 3 aromatic carbocycles. The van der Waals surface area contributed by atoms with Gasteiger partial charge in [0.25, 0.3) is 5.91 Å². The standard InChI is InChI=1S/C35H34N2O6S/c1-23-11-17-31(18-12-23)44(40,41)36(21-27-9-7-6-8-10-27)22-30-16-15-29(43-30)20-32-33(35(39)42-5)26(4)37(34(32)38)28-14-13-24(2)25(3)19-28/h6-20H,21-22H2,1-5H3/b32-20-. The molecule has 0 fully saturated rings. The smallest absolute Gasteiger partial charge is 0.340 e. The number of anilines is 1. The molecule has 0 saturated carbocycles. The number of hydrogen-bond acceptors (Lipinski definition) is 6. The zero-order valence-electron chi connectivity index (χ0n) is 25.3. The number of carbonyl (C=O) groups excluding carboxylic acids is 2. The van der Waals surface area contributed by atoms with Gasteiger partial charge in [0, 0.05) is 17.9 Å². The molecule has 0 saturated heterocycles. The van der Waals surface area contributed by atoms with Crippen LogP contribution in [0, 0.1) is 20.8 Å². The number of amides is 1. The SMILES string of the molecule is COC(=O)C1=C(C)N(c2ccc(C)c(C)c2)C(=O)/C1=C\c1ccc(CN(Cc2ccccc2)S(=O)(=O)c2ccc(C)cc2)o1. The Kier molecular flexibility index (Phi) is 8.71. The Balaban J connectivity index is 1.48. The van der Waals surface area contributed by atoms with Crippen molar-refractivity contribution in [3.63, 3.8) is 0 Å². The molecule has 0 radical (unpaired) electrons. The second kappa shape index (κ2) is 12.5. The second-order valence-electron chi connectivity index (χ2n) is 10.8. The van der Waals surface area contributed by atoms with Crippen LogP contribution in [0.2, 0.25) is 0 Å². The summed E-state index contributed by atoms with van der Waals surface area (Å²) in [5.74, 6) is -0.359. The Hall–Kier alpha value is -4.73. The quantitative estimate of drug-likeness (QED) is 0.159. The molecule has 0 unspecified atom stereocenters. The van der Waals surface area contributed by atoms with E-state index in [9.17, 15) is 18.0 Å². The minimum atomic E-state index is -3.88. The van der Waals surface area contributed by atoms with E-state index in [1.165, 1.54) is 22.4 Å². The maximum atomic E-state index is 13.7. The van der Waals surface area contributed by atoms with Crippen LogP contribution in [0.25, 0.3) is 6.08 Å². The highest BCUT2D eigenvalue weighted by Crippen LogP contribution is 2.36. The topological polar surface area (TPSA) is 97.1 Å². The van der Waals surface area contributed by atoms with E-state index in [0.717, 1.165) is 22.3 Å². The van der Waals surface area contributed by atoms with Crippen molar-refractivity contribution < 1.29 is 27.2 Å². The summed E-state index contributed by atoms with van der Waals surface area (Å²) in [5, 5.41) is 0. The lowest BCUT2D eigenvalue weighted by Gasteiger charge is -2.21. The number of nitrogens with zero attached hydrogens (tertiary/aromatic N) is 2. The molecule has 0 spiro atoms. The van der Waals surface area contributed by atoms with Crippen LogP contribution in [-0.4, -0.2) is 31.7 Å². The number of ether oxygens (including phenoxy) is 1. The minimum Gasteiger partial charge on any atom is -0.465 e. The molecule has 1 aromatic heterocycles. The number of hydrogen-bond donors (Lipinski definition) is 0. The van der Waals surface area contributed by atoms with Crippen LogP contribution in [0.1, 0.15) is 40.7 Å². The van der Waals surface area contributed by atoms with E-state index in [0.29, 0.717) is 22.9 Å². The lowest BCUT2D eigenvalue weighted by molar-refractivity contribution is -0.136. The van der Waals surface area contributed by atoms with Crippen molar-refractivity contribution in [2.75, 3.05) is 12.0 Å². The van der Waals surface area contributed by atoms with Gasteiger partial charge in [-0.2, -0.15) is 4.31 Å². The molecule has 226 valence electrons. The van der Waals surface area contributed by atoms with E-state index in [-0.39, 0.29) is 29.1 Å². The van der Waals surface area contributed by atoms with Crippen molar-refractivity contribution in [3.05, 3.63) is 136 Å². The normalized spacial score (nSPS) is 14.6. The van der Waals surface area contributed by atoms with Crippen LogP contribution in [0.5, 0.6) is 0 Å². The summed E-state index contributed by atoms with van der Waals surface area (Å²) >= 11 is 0. The van der Waals surface area contributed by atoms with Crippen molar-refractivity contribution in [1.29, 1.82) is 0 Å². The van der Waals surface area contributed by atoms with Gasteiger partial charge >= 0.3 is 5.97 Å². The Labute approximate surface area is 257 Å². The summed E-state index contributed by atoms with van der Waals surface area (Å²) < 4.78 is 39.9. The first-order valence-corrected chi connectivity index (χ1v) is 15.6. The number of aryl methyl sites for hydroxylation is 3. The first kappa shape index (κ1) is 30.7. The highest BCUT2D eigenvalue weighted by molar-refractivity contribution is 7.89. The largest absolute Gasteiger partial charge is 0.465 e. The Morgan fingerprint density at radius 2 is 1.59 bits per heavy atom. The number of benzene rings is 3. The van der Waals surface area contributed by atoms with Gasteiger partial charge in [-0.15, -0.1) is 0 Å². The van der Waals surface area contributed by atoms with Gasteiger partial charge in [-0.3, -0.25) is 9.69 Å². The fraction of sp³-hybridized carbons (Fsp3) is 0.200. The Bertz CT molecular complexity index is 1890. The van der Waals surface area contributed by atoms with E-state index < -0.39 is 21.9 Å². The zero-order chi connectivity index (χ0) is 31.6. The van der Waals surface area contributed by atoms with Crippen molar-refractivity contribution in [2.24, 2.45) is 0 Å². The molecular formula is C35H34N2O6S. The van der Waals surface area contributed by atoms with E-state index in [1.807, 2.05) is 69.3 Å². The molecule has 2 heterocycles. The first-order valence-electron chi connectivity index (χ1n) is 14.1. The summed E-state index contributed by atoms with van der Waals surface area (Å²) in [6.45, 7) is 7.63. The number of methoxy groups -OCH3 is 1. The third-order valence-electron chi connectivity index (χ3n) is 7.70. The van der Waals surface area contributed by atoms with Crippen LogP contribution in [0.15, 0.2) is 111 Å². The molecule has 0 N–H and O–H groups in total. The molecule has 0 atom stereocenters. The average molecular weight is 611 g/mol. The van der Waals surface area contributed by atoms with Crippen molar-refractivity contribution in [3.8, 4) is 0 Å². The van der Waals surface area contributed by atoms with E-state index >= 15 is 0 Å². The van der Waals surface area contributed by atoms with Crippen molar-refractivity contribution >= 4 is 33.7 Å². The van der Waals surface area contributed by atoms with Crippen molar-refractivity contribution in [2.45, 2.75) is 45.7 Å². The lowest BCUT2D eigenvalue weighted by Crippen LogP contribution is -2.30. The summed E-state index contributed by atoms with van der Waals surface area (Å²) in [4.78, 5) is 28.3. The molecule has 9 heteroatoms. The van der Waals surface area contributed by atoms with Crippen LogP contribution in [-0.2, 0) is 37.4 Å². The summed E-state index contributed by atoms with van der Waals surface area (Å²) in [5.41, 5.74) is 5.22. The molecule has 44 heavy (non-hydrogen) atoms.